The van der Waals surface area contributed by atoms with Crippen molar-refractivity contribution in [1.82, 2.24) is 15.5 Å². The molecule has 11 nitrogen and oxygen atoms in total. The molecule has 0 aliphatic carbocycles. The maximum absolute atomic E-state index is 13.7. The molecule has 2 aliphatic heterocycles. The van der Waals surface area contributed by atoms with Crippen molar-refractivity contribution < 1.29 is 38.5 Å². The summed E-state index contributed by atoms with van der Waals surface area (Å²) in [5.74, 6) is -1.05. The van der Waals surface area contributed by atoms with Gasteiger partial charge in [-0.3, -0.25) is 9.59 Å². The monoisotopic (exact) mass is 683 g/mol. The van der Waals surface area contributed by atoms with E-state index in [1.807, 2.05) is 84.9 Å². The molecule has 3 aromatic rings. The Morgan fingerprint density at radius 2 is 1.56 bits per heavy atom. The number of hydrogen-bond donors (Lipinski definition) is 3. The van der Waals surface area contributed by atoms with Crippen LogP contribution in [0.5, 0.6) is 5.75 Å². The van der Waals surface area contributed by atoms with E-state index in [2.05, 4.69) is 10.6 Å². The largest absolute Gasteiger partial charge is 0.489 e. The summed E-state index contributed by atoms with van der Waals surface area (Å²) >= 11 is 0. The first-order valence-corrected chi connectivity index (χ1v) is 17.1. The number of amides is 3. The van der Waals surface area contributed by atoms with Gasteiger partial charge in [0.1, 0.15) is 31.6 Å². The fraction of sp³-hybridized carbons (Fsp3) is 0.385. The number of aliphatic hydroxyl groups is 1. The van der Waals surface area contributed by atoms with E-state index in [9.17, 15) is 24.3 Å². The first-order valence-electron chi connectivity index (χ1n) is 17.1. The van der Waals surface area contributed by atoms with E-state index in [1.165, 1.54) is 0 Å². The average molecular weight is 684 g/mol. The lowest BCUT2D eigenvalue weighted by molar-refractivity contribution is -0.150. The van der Waals surface area contributed by atoms with Crippen molar-refractivity contribution in [3.05, 3.63) is 114 Å². The van der Waals surface area contributed by atoms with Gasteiger partial charge in [0, 0.05) is 13.0 Å². The lowest BCUT2D eigenvalue weighted by atomic mass is 9.97. The Labute approximate surface area is 292 Å². The average Bonchev–Trinajstić information content (AvgIpc) is 3.62. The van der Waals surface area contributed by atoms with E-state index in [1.54, 1.807) is 17.1 Å². The summed E-state index contributed by atoms with van der Waals surface area (Å²) in [6.07, 6.45) is 4.86. The Balaban J connectivity index is 1.16. The van der Waals surface area contributed by atoms with E-state index in [-0.39, 0.29) is 56.9 Å². The van der Waals surface area contributed by atoms with Crippen LogP contribution in [0.3, 0.4) is 0 Å². The van der Waals surface area contributed by atoms with Gasteiger partial charge in [-0.1, -0.05) is 84.9 Å². The molecule has 264 valence electrons. The molecule has 0 unspecified atom stereocenters. The van der Waals surface area contributed by atoms with Crippen LogP contribution in [0.4, 0.5) is 4.79 Å². The number of carbonyl (C=O) groups excluding carboxylic acids is 4. The van der Waals surface area contributed by atoms with Crippen LogP contribution in [-0.4, -0.2) is 71.8 Å². The molecule has 1 saturated heterocycles. The van der Waals surface area contributed by atoms with E-state index in [0.717, 1.165) is 28.9 Å². The molecule has 2 heterocycles. The molecule has 3 N–H and O–H groups in total. The molecule has 2 aliphatic rings. The third-order valence-electron chi connectivity index (χ3n) is 8.85. The van der Waals surface area contributed by atoms with Crippen molar-refractivity contribution >= 4 is 23.9 Å². The predicted octanol–water partition coefficient (Wildman–Crippen LogP) is 4.47. The number of alkyl carbamates (subject to hydrolysis) is 1. The molecule has 3 amide bonds. The number of aliphatic hydroxyl groups excluding tert-OH is 1. The van der Waals surface area contributed by atoms with Gasteiger partial charge in [0.05, 0.1) is 24.6 Å². The number of esters is 1. The molecular weight excluding hydrogens is 638 g/mol. The van der Waals surface area contributed by atoms with Crippen LogP contribution in [0.25, 0.3) is 0 Å². The number of carbonyl (C=O) groups is 4. The van der Waals surface area contributed by atoms with Crippen LogP contribution in [0, 0.1) is 5.92 Å². The third-order valence-corrected chi connectivity index (χ3v) is 8.85. The Kier molecular flexibility index (Phi) is 13.4. The van der Waals surface area contributed by atoms with Crippen LogP contribution in [-0.2, 0) is 43.5 Å². The van der Waals surface area contributed by atoms with E-state index in [4.69, 9.17) is 14.2 Å². The number of fused-ring (bicyclic) bond motifs is 1. The molecule has 3 aromatic carbocycles. The van der Waals surface area contributed by atoms with Gasteiger partial charge < -0.3 is 34.9 Å². The molecule has 1 fully saturated rings. The minimum atomic E-state index is -0.976. The van der Waals surface area contributed by atoms with Crippen LogP contribution >= 0.6 is 0 Å². The van der Waals surface area contributed by atoms with Gasteiger partial charge in [-0.2, -0.15) is 0 Å². The second-order valence-corrected chi connectivity index (χ2v) is 12.6. The highest BCUT2D eigenvalue weighted by molar-refractivity contribution is 5.86. The predicted molar refractivity (Wildman–Crippen MR) is 186 cm³/mol. The van der Waals surface area contributed by atoms with Crippen molar-refractivity contribution in [2.75, 3.05) is 19.8 Å². The molecule has 0 radical (unpaired) electrons. The highest BCUT2D eigenvalue weighted by atomic mass is 16.6. The molecule has 50 heavy (non-hydrogen) atoms. The minimum Gasteiger partial charge on any atom is -0.489 e. The first kappa shape index (κ1) is 36.1. The summed E-state index contributed by atoms with van der Waals surface area (Å²) in [7, 11) is 0. The fourth-order valence-electron chi connectivity index (χ4n) is 6.12. The van der Waals surface area contributed by atoms with Gasteiger partial charge in [0.2, 0.25) is 11.8 Å². The molecule has 4 atom stereocenters. The van der Waals surface area contributed by atoms with Gasteiger partial charge in [0.15, 0.2) is 0 Å². The van der Waals surface area contributed by atoms with Gasteiger partial charge in [0.25, 0.3) is 0 Å². The van der Waals surface area contributed by atoms with Crippen LogP contribution < -0.4 is 15.4 Å². The first-order chi connectivity index (χ1) is 24.4. The summed E-state index contributed by atoms with van der Waals surface area (Å²) in [6, 6.07) is 24.8. The van der Waals surface area contributed by atoms with Crippen LogP contribution in [0.15, 0.2) is 97.1 Å². The molecular formula is C39H45N3O8. The van der Waals surface area contributed by atoms with Crippen molar-refractivity contribution in [2.24, 2.45) is 5.92 Å². The third kappa shape index (κ3) is 10.9. The number of allylic oxidation sites excluding steroid dienone is 1. The quantitative estimate of drug-likeness (QED) is 0.188. The number of rotatable bonds is 12. The van der Waals surface area contributed by atoms with Crippen LogP contribution in [0.1, 0.15) is 48.8 Å². The van der Waals surface area contributed by atoms with E-state index < -0.39 is 30.1 Å². The van der Waals surface area contributed by atoms with Crippen molar-refractivity contribution in [3.63, 3.8) is 0 Å². The Hall–Kier alpha value is -5.16. The summed E-state index contributed by atoms with van der Waals surface area (Å²) in [5.41, 5.74) is 2.80. The molecule has 0 spiro atoms. The van der Waals surface area contributed by atoms with Gasteiger partial charge in [-0.05, 0) is 60.9 Å². The zero-order chi connectivity index (χ0) is 35.1. The SMILES string of the molecule is O=C(C[C@H]1CC=CC[C@@H](NC(=O)OCc2ccccc2)C(=O)OC[C@@H]2CCCN2C1=O)N[C@H](CO)Cc1ccc(OCc2ccccc2)cc1. The summed E-state index contributed by atoms with van der Waals surface area (Å²) < 4.78 is 16.7. The number of hydrogen-bond acceptors (Lipinski definition) is 8. The summed E-state index contributed by atoms with van der Waals surface area (Å²) in [6.45, 7) is 0.738. The second-order valence-electron chi connectivity index (χ2n) is 12.6. The van der Waals surface area contributed by atoms with Gasteiger partial charge >= 0.3 is 12.1 Å². The molecule has 0 bridgehead atoms. The second kappa shape index (κ2) is 18.6. The van der Waals surface area contributed by atoms with Crippen LogP contribution in [0.2, 0.25) is 0 Å². The lowest BCUT2D eigenvalue weighted by Crippen LogP contribution is -2.46. The standard InChI is InChI=1S/C39H45N3O8/c43-24-32(22-28-17-19-34(20-18-28)48-25-29-10-3-1-4-11-29)40-36(44)23-31-14-7-8-16-35(41-39(47)50-26-30-12-5-2-6-13-30)38(46)49-27-33-15-9-21-42(33)37(31)45/h1-8,10-13,17-20,31-33,35,43H,9,14-16,21-27H2,(H,40,44)(H,41,47)/t31-,32+,33+,35-/m1/s1. The Morgan fingerprint density at radius 3 is 2.26 bits per heavy atom. The van der Waals surface area contributed by atoms with Crippen molar-refractivity contribution in [2.45, 2.75) is 69.9 Å². The van der Waals surface area contributed by atoms with E-state index in [0.29, 0.717) is 26.0 Å². The Bertz CT molecular complexity index is 1580. The van der Waals surface area contributed by atoms with Crippen molar-refractivity contribution in [3.8, 4) is 5.75 Å². The highest BCUT2D eigenvalue weighted by Gasteiger charge is 2.35. The molecule has 5 rings (SSSR count). The molecule has 0 saturated carbocycles. The normalized spacial score (nSPS) is 20.0. The topological polar surface area (TPSA) is 143 Å². The summed E-state index contributed by atoms with van der Waals surface area (Å²) in [4.78, 5) is 54.2. The zero-order valence-corrected chi connectivity index (χ0v) is 28.1. The number of cyclic esters (lactones) is 1. The number of nitrogens with one attached hydrogen (secondary N) is 2. The highest BCUT2D eigenvalue weighted by Crippen LogP contribution is 2.25. The molecule has 0 aromatic heterocycles. The van der Waals surface area contributed by atoms with Gasteiger partial charge in [-0.15, -0.1) is 0 Å². The summed E-state index contributed by atoms with van der Waals surface area (Å²) in [5, 5.41) is 15.6. The molecule has 11 heteroatoms. The van der Waals surface area contributed by atoms with Crippen molar-refractivity contribution in [1.29, 1.82) is 0 Å². The number of nitrogens with zero attached hydrogens (tertiary/aromatic N) is 1. The maximum atomic E-state index is 13.7. The van der Waals surface area contributed by atoms with E-state index >= 15 is 0 Å². The smallest absolute Gasteiger partial charge is 0.408 e. The van der Waals surface area contributed by atoms with Gasteiger partial charge in [-0.25, -0.2) is 9.59 Å². The zero-order valence-electron chi connectivity index (χ0n) is 28.1. The number of ether oxygens (including phenoxy) is 3. The fourth-order valence-corrected chi connectivity index (χ4v) is 6.12. The lowest BCUT2D eigenvalue weighted by Gasteiger charge is -2.29. The number of benzene rings is 3. The minimum absolute atomic E-state index is 0.00683. The maximum Gasteiger partial charge on any atom is 0.408 e. The Morgan fingerprint density at radius 1 is 0.880 bits per heavy atom.